The number of nitrogens with zero attached hydrogens (tertiary/aromatic N) is 2. The maximum absolute atomic E-state index is 13.5. The molecule has 7 nitrogen and oxygen atoms in total. The van der Waals surface area contributed by atoms with Gasteiger partial charge in [-0.05, 0) is 12.1 Å². The summed E-state index contributed by atoms with van der Waals surface area (Å²) in [5.74, 6) is 0.203. The predicted molar refractivity (Wildman–Crippen MR) is 86.8 cm³/mol. The van der Waals surface area contributed by atoms with Crippen LogP contribution in [0.25, 0.3) is 0 Å². The van der Waals surface area contributed by atoms with E-state index in [4.69, 9.17) is 13.9 Å². The van der Waals surface area contributed by atoms with E-state index in [-0.39, 0.29) is 23.9 Å². The second kappa shape index (κ2) is 8.46. The van der Waals surface area contributed by atoms with Crippen LogP contribution >= 0.6 is 0 Å². The highest BCUT2D eigenvalue weighted by Crippen LogP contribution is 2.20. The van der Waals surface area contributed by atoms with E-state index in [1.54, 1.807) is 12.1 Å². The summed E-state index contributed by atoms with van der Waals surface area (Å²) in [5.41, 5.74) is 0.170. The molecule has 0 unspecified atom stereocenters. The summed E-state index contributed by atoms with van der Waals surface area (Å²) in [6, 6.07) is 8.08. The van der Waals surface area contributed by atoms with Gasteiger partial charge in [-0.2, -0.15) is 10.2 Å². The van der Waals surface area contributed by atoms with Gasteiger partial charge in [0.25, 0.3) is 0 Å². The van der Waals surface area contributed by atoms with Crippen LogP contribution in [0.3, 0.4) is 0 Å². The van der Waals surface area contributed by atoms with Crippen molar-refractivity contribution in [3.8, 4) is 11.8 Å². The van der Waals surface area contributed by atoms with Crippen LogP contribution in [0, 0.1) is 17.1 Å². The normalized spacial score (nSPS) is 14.9. The van der Waals surface area contributed by atoms with Crippen molar-refractivity contribution in [3.05, 3.63) is 41.7 Å². The second-order valence-electron chi connectivity index (χ2n) is 5.66. The highest BCUT2D eigenvalue weighted by atomic mass is 19.1. The van der Waals surface area contributed by atoms with Crippen LogP contribution < -0.4 is 15.0 Å². The fourth-order valence-corrected chi connectivity index (χ4v) is 2.59. The number of hydrogen-bond acceptors (Lipinski definition) is 6. The minimum atomic E-state index is -0.457. The van der Waals surface area contributed by atoms with Crippen LogP contribution in [0.4, 0.5) is 10.3 Å². The topological polar surface area (TPSA) is 84.8 Å². The number of aromatic nitrogens is 1. The van der Waals surface area contributed by atoms with Gasteiger partial charge in [-0.3, -0.25) is 0 Å². The van der Waals surface area contributed by atoms with E-state index in [0.29, 0.717) is 12.4 Å². The summed E-state index contributed by atoms with van der Waals surface area (Å²) >= 11 is 0. The van der Waals surface area contributed by atoms with E-state index in [1.165, 1.54) is 17.0 Å². The second-order valence-corrected chi connectivity index (χ2v) is 5.66. The van der Waals surface area contributed by atoms with Gasteiger partial charge in [0.1, 0.15) is 19.2 Å². The van der Waals surface area contributed by atoms with Gasteiger partial charge in [0.2, 0.25) is 17.5 Å². The number of ether oxygens (including phenoxy) is 2. The Morgan fingerprint density at radius 3 is 2.88 bits per heavy atom. The maximum atomic E-state index is 13.5. The Morgan fingerprint density at radius 1 is 1.32 bits per heavy atom. The molecule has 1 aliphatic rings. The quantitative estimate of drug-likeness (QED) is 0.763. The fraction of sp³-hybridized carbons (Fsp3) is 0.412. The van der Waals surface area contributed by atoms with E-state index in [0.717, 1.165) is 32.8 Å². The summed E-state index contributed by atoms with van der Waals surface area (Å²) in [6.45, 7) is 5.02. The molecule has 0 atom stereocenters. The smallest absolute Gasteiger partial charge is 0.236 e. The highest BCUT2D eigenvalue weighted by molar-refractivity contribution is 5.45. The van der Waals surface area contributed by atoms with Gasteiger partial charge in [0, 0.05) is 0 Å². The number of halogens is 1. The van der Waals surface area contributed by atoms with Gasteiger partial charge in [-0.1, -0.05) is 12.1 Å². The Balaban J connectivity index is 1.54. The third-order valence-corrected chi connectivity index (χ3v) is 3.93. The molecule has 0 amide bonds. The summed E-state index contributed by atoms with van der Waals surface area (Å²) in [5, 5.41) is 12.3. The molecule has 0 spiro atoms. The van der Waals surface area contributed by atoms with Crippen molar-refractivity contribution < 1.29 is 23.2 Å². The van der Waals surface area contributed by atoms with Crippen LogP contribution in [-0.2, 0) is 11.3 Å². The summed E-state index contributed by atoms with van der Waals surface area (Å²) < 4.78 is 29.7. The lowest BCUT2D eigenvalue weighted by molar-refractivity contribution is -0.906. The zero-order valence-corrected chi connectivity index (χ0v) is 13.8. The van der Waals surface area contributed by atoms with Gasteiger partial charge in [0.15, 0.2) is 18.2 Å². The SMILES string of the molecule is N#Cc1nc(COc2ccccc2F)oc1NCC[NH+]1CCOCC1. The molecule has 0 aliphatic carbocycles. The maximum Gasteiger partial charge on any atom is 0.236 e. The number of para-hydroxylation sites is 1. The number of hydrogen-bond donors (Lipinski definition) is 2. The molecule has 2 heterocycles. The molecule has 0 saturated carbocycles. The molecule has 1 aromatic heterocycles. The van der Waals surface area contributed by atoms with Crippen molar-refractivity contribution in [1.82, 2.24) is 4.98 Å². The largest absolute Gasteiger partial charge is 0.481 e. The lowest BCUT2D eigenvalue weighted by Crippen LogP contribution is -3.14. The summed E-state index contributed by atoms with van der Waals surface area (Å²) in [7, 11) is 0. The fourth-order valence-electron chi connectivity index (χ4n) is 2.59. The van der Waals surface area contributed by atoms with Crippen molar-refractivity contribution in [1.29, 1.82) is 5.26 Å². The number of nitriles is 1. The first-order chi connectivity index (χ1) is 12.3. The van der Waals surface area contributed by atoms with Crippen LogP contribution in [0.15, 0.2) is 28.7 Å². The molecule has 2 N–H and O–H groups in total. The summed E-state index contributed by atoms with van der Waals surface area (Å²) in [4.78, 5) is 5.52. The molecule has 1 aliphatic heterocycles. The van der Waals surface area contributed by atoms with Gasteiger partial charge < -0.3 is 24.1 Å². The zero-order valence-electron chi connectivity index (χ0n) is 13.8. The van der Waals surface area contributed by atoms with Gasteiger partial charge in [-0.25, -0.2) is 4.39 Å². The van der Waals surface area contributed by atoms with Crippen molar-refractivity contribution >= 4 is 5.88 Å². The van der Waals surface area contributed by atoms with Crippen molar-refractivity contribution in [2.75, 3.05) is 44.7 Å². The molecule has 2 aromatic rings. The number of oxazole rings is 1. The molecule has 8 heteroatoms. The number of morpholine rings is 1. The Labute approximate surface area is 145 Å². The zero-order chi connectivity index (χ0) is 17.5. The first-order valence-electron chi connectivity index (χ1n) is 8.18. The highest BCUT2D eigenvalue weighted by Gasteiger charge is 2.16. The lowest BCUT2D eigenvalue weighted by Gasteiger charge is -2.23. The third-order valence-electron chi connectivity index (χ3n) is 3.93. The molecule has 25 heavy (non-hydrogen) atoms. The third kappa shape index (κ3) is 4.68. The first kappa shape index (κ1) is 17.2. The van der Waals surface area contributed by atoms with Crippen molar-refractivity contribution in [3.63, 3.8) is 0 Å². The Bertz CT molecular complexity index is 738. The minimum Gasteiger partial charge on any atom is -0.481 e. The number of nitrogens with one attached hydrogen (secondary N) is 2. The molecule has 132 valence electrons. The molecule has 3 rings (SSSR count). The van der Waals surface area contributed by atoms with E-state index < -0.39 is 5.82 Å². The average molecular weight is 347 g/mol. The van der Waals surface area contributed by atoms with Gasteiger partial charge >= 0.3 is 0 Å². The summed E-state index contributed by atoms with van der Waals surface area (Å²) in [6.07, 6.45) is 0. The van der Waals surface area contributed by atoms with Crippen LogP contribution in [0.2, 0.25) is 0 Å². The monoisotopic (exact) mass is 347 g/mol. The Kier molecular flexibility index (Phi) is 5.82. The van der Waals surface area contributed by atoms with Crippen LogP contribution in [0.1, 0.15) is 11.6 Å². The number of benzene rings is 1. The van der Waals surface area contributed by atoms with Crippen LogP contribution in [0.5, 0.6) is 5.75 Å². The minimum absolute atomic E-state index is 0.0496. The predicted octanol–water partition coefficient (Wildman–Crippen LogP) is 0.591. The van der Waals surface area contributed by atoms with E-state index in [9.17, 15) is 9.65 Å². The molecule has 1 aromatic carbocycles. The molecule has 1 fully saturated rings. The molecule has 1 saturated heterocycles. The standard InChI is InChI=1S/C17H19FN4O3/c18-13-3-1-2-4-15(13)24-12-16-21-14(11-19)17(25-16)20-5-6-22-7-9-23-10-8-22/h1-4,20H,5-10,12H2/p+1. The number of rotatable bonds is 7. The molecule has 0 bridgehead atoms. The van der Waals surface area contributed by atoms with Crippen LogP contribution in [-0.4, -0.2) is 44.4 Å². The van der Waals surface area contributed by atoms with E-state index in [1.807, 2.05) is 6.07 Å². The lowest BCUT2D eigenvalue weighted by atomic mass is 10.3. The molecular formula is C17H20FN4O3+. The molecular weight excluding hydrogens is 327 g/mol. The molecule has 0 radical (unpaired) electrons. The van der Waals surface area contributed by atoms with Crippen molar-refractivity contribution in [2.45, 2.75) is 6.61 Å². The first-order valence-corrected chi connectivity index (χ1v) is 8.18. The average Bonchev–Trinajstić information content (AvgIpc) is 3.04. The Hall–Kier alpha value is -2.63. The Morgan fingerprint density at radius 2 is 2.12 bits per heavy atom. The van der Waals surface area contributed by atoms with E-state index >= 15 is 0 Å². The van der Waals surface area contributed by atoms with E-state index in [2.05, 4.69) is 10.3 Å². The number of quaternary nitrogens is 1. The van der Waals surface area contributed by atoms with Crippen molar-refractivity contribution in [2.24, 2.45) is 0 Å². The van der Waals surface area contributed by atoms with Gasteiger partial charge in [0.05, 0.1) is 26.3 Å². The van der Waals surface area contributed by atoms with Gasteiger partial charge in [-0.15, -0.1) is 0 Å². The number of anilines is 1.